The molecular weight excluding hydrogens is 596 g/mol. The summed E-state index contributed by atoms with van der Waals surface area (Å²) in [5, 5.41) is -1.74. The largest absolute Gasteiger partial charge is 0.516 e. The van der Waals surface area contributed by atoms with Crippen molar-refractivity contribution in [2.45, 2.75) is 25.7 Å². The highest BCUT2D eigenvalue weighted by Crippen LogP contribution is 2.48. The lowest BCUT2D eigenvalue weighted by Gasteiger charge is -2.42. The minimum absolute atomic E-state index is 0.155. The summed E-state index contributed by atoms with van der Waals surface area (Å²) in [6, 6.07) is 0. The van der Waals surface area contributed by atoms with Gasteiger partial charge in [0, 0.05) is 0 Å². The Morgan fingerprint density at radius 2 is 1.86 bits per heavy atom. The van der Waals surface area contributed by atoms with Crippen molar-refractivity contribution in [1.82, 2.24) is 4.31 Å². The van der Waals surface area contributed by atoms with Crippen molar-refractivity contribution in [2.75, 3.05) is 0 Å². The van der Waals surface area contributed by atoms with Crippen molar-refractivity contribution in [2.24, 2.45) is 0 Å². The zero-order valence-electron chi connectivity index (χ0n) is 10.2. The molecule has 2 aliphatic rings. The molecule has 1 aliphatic carbocycles. The van der Waals surface area contributed by atoms with Crippen LogP contribution in [0.5, 0.6) is 0 Å². The molecule has 0 aromatic rings. The molecule has 1 heterocycles. The molecule has 124 valence electrons. The van der Waals surface area contributed by atoms with Crippen LogP contribution in [0.25, 0.3) is 0 Å². The van der Waals surface area contributed by atoms with Crippen LogP contribution in [0.2, 0.25) is 0 Å². The van der Waals surface area contributed by atoms with Crippen LogP contribution < -0.4 is 0 Å². The first kappa shape index (κ1) is 19.1. The fourth-order valence-electron chi connectivity index (χ4n) is 2.19. The van der Waals surface area contributed by atoms with Gasteiger partial charge in [0.05, 0.1) is 18.3 Å². The summed E-state index contributed by atoms with van der Waals surface area (Å²) in [5.74, 6) is -1.26. The first-order valence-electron chi connectivity index (χ1n) is 5.52. The maximum Gasteiger partial charge on any atom is 0.516 e. The van der Waals surface area contributed by atoms with Gasteiger partial charge in [0.25, 0.3) is 5.91 Å². The highest BCUT2D eigenvalue weighted by atomic mass is 127. The molecule has 0 saturated heterocycles. The van der Waals surface area contributed by atoms with Crippen LogP contribution in [0, 0.1) is 0 Å². The number of halogens is 7. The zero-order chi connectivity index (χ0) is 17.1. The lowest BCUT2D eigenvalue weighted by Crippen LogP contribution is -2.61. The van der Waals surface area contributed by atoms with Gasteiger partial charge in [-0.3, -0.25) is 4.79 Å². The van der Waals surface area contributed by atoms with Gasteiger partial charge in [0.15, 0.2) is 0 Å². The Morgan fingerprint density at radius 3 is 2.36 bits per heavy atom. The number of hydrogen-bond acceptors (Lipinski definition) is 3. The third-order valence-corrected chi connectivity index (χ3v) is 8.91. The van der Waals surface area contributed by atoms with E-state index in [0.717, 1.165) is 12.2 Å². The summed E-state index contributed by atoms with van der Waals surface area (Å²) in [6.07, 6.45) is 3.61. The summed E-state index contributed by atoms with van der Waals surface area (Å²) in [4.78, 5) is 12.0. The Labute approximate surface area is 161 Å². The molecule has 0 radical (unpaired) electrons. The third kappa shape index (κ3) is 2.69. The van der Waals surface area contributed by atoms with Crippen LogP contribution in [0.1, 0.15) is 0 Å². The lowest BCUT2D eigenvalue weighted by molar-refractivity contribution is -0.124. The smallest absolute Gasteiger partial charge is 0.267 e. The molecule has 22 heavy (non-hydrogen) atoms. The van der Waals surface area contributed by atoms with Gasteiger partial charge >= 0.3 is 15.5 Å². The van der Waals surface area contributed by atoms with E-state index in [4.69, 9.17) is 23.2 Å². The van der Waals surface area contributed by atoms with Gasteiger partial charge in [-0.2, -0.15) is 21.6 Å². The number of alkyl halides is 6. The molecule has 0 aromatic carbocycles. The van der Waals surface area contributed by atoms with E-state index in [2.05, 4.69) is 0 Å². The van der Waals surface area contributed by atoms with Gasteiger partial charge < -0.3 is 0 Å². The van der Waals surface area contributed by atoms with Gasteiger partial charge in [-0.15, -0.1) is 23.2 Å². The average molecular weight is 602 g/mol. The second-order valence-corrected chi connectivity index (χ2v) is 9.90. The van der Waals surface area contributed by atoms with Crippen molar-refractivity contribution < 1.29 is 26.4 Å². The molecule has 1 amide bonds. The molecule has 0 aromatic heterocycles. The van der Waals surface area contributed by atoms with Crippen LogP contribution in [0.3, 0.4) is 0 Å². The van der Waals surface area contributed by atoms with Crippen LogP contribution >= 0.6 is 68.4 Å². The van der Waals surface area contributed by atoms with Gasteiger partial charge in [-0.1, -0.05) is 34.7 Å². The number of sulfonamides is 1. The highest BCUT2D eigenvalue weighted by Gasteiger charge is 2.63. The molecule has 0 bridgehead atoms. The third-order valence-electron chi connectivity index (χ3n) is 3.20. The first-order valence-corrected chi connectivity index (χ1v) is 10.2. The maximum absolute atomic E-state index is 12.9. The zero-order valence-corrected chi connectivity index (χ0v) is 16.8. The number of allylic oxidation sites excluding steroid dienone is 1. The van der Waals surface area contributed by atoms with Crippen molar-refractivity contribution in [3.8, 4) is 0 Å². The second kappa shape index (κ2) is 5.92. The predicted octanol–water partition coefficient (Wildman–Crippen LogP) is 3.32. The minimum Gasteiger partial charge on any atom is -0.267 e. The quantitative estimate of drug-likeness (QED) is 0.263. The molecule has 0 N–H and O–H groups in total. The van der Waals surface area contributed by atoms with E-state index in [1.54, 1.807) is 0 Å². The van der Waals surface area contributed by atoms with Crippen molar-refractivity contribution in [1.29, 1.82) is 0 Å². The summed E-state index contributed by atoms with van der Waals surface area (Å²) in [7, 11) is -5.90. The monoisotopic (exact) mass is 601 g/mol. The van der Waals surface area contributed by atoms with E-state index in [1.165, 1.54) is 28.7 Å². The molecule has 2 rings (SSSR count). The first-order chi connectivity index (χ1) is 9.86. The van der Waals surface area contributed by atoms with Gasteiger partial charge in [-0.25, -0.2) is 4.31 Å². The number of rotatable bonds is 1. The van der Waals surface area contributed by atoms with E-state index < -0.39 is 41.7 Å². The van der Waals surface area contributed by atoms with Crippen molar-refractivity contribution in [3.05, 3.63) is 21.8 Å². The van der Waals surface area contributed by atoms with E-state index in [0.29, 0.717) is 0 Å². The number of hydrogen-bond donors (Lipinski definition) is 0. The predicted molar refractivity (Wildman–Crippen MR) is 92.9 cm³/mol. The topological polar surface area (TPSA) is 54.5 Å². The SMILES string of the molecule is O=C1C(I)=C[C@@]2(C=C[C@@H](Cl)[C@H](I)[C@@H]2Cl)N1S(=O)(=O)C(F)(F)F. The highest BCUT2D eigenvalue weighted by molar-refractivity contribution is 14.1. The molecule has 12 heteroatoms. The minimum atomic E-state index is -5.90. The number of amides is 1. The van der Waals surface area contributed by atoms with E-state index in [-0.39, 0.29) is 7.89 Å². The molecule has 0 unspecified atom stereocenters. The fourth-order valence-corrected chi connectivity index (χ4v) is 5.81. The summed E-state index contributed by atoms with van der Waals surface area (Å²) in [5.41, 5.74) is -7.53. The Bertz CT molecular complexity index is 681. The molecule has 0 saturated carbocycles. The van der Waals surface area contributed by atoms with Crippen LogP contribution in [0.4, 0.5) is 13.2 Å². The molecule has 4 atom stereocenters. The number of nitrogens with zero attached hydrogens (tertiary/aromatic N) is 1. The summed E-state index contributed by atoms with van der Waals surface area (Å²) >= 11 is 15.5. The summed E-state index contributed by atoms with van der Waals surface area (Å²) in [6.45, 7) is 0. The Morgan fingerprint density at radius 1 is 1.32 bits per heavy atom. The maximum atomic E-state index is 12.9. The van der Waals surface area contributed by atoms with E-state index in [9.17, 15) is 26.4 Å². The normalized spacial score (nSPS) is 36.1. The fraction of sp³-hybridized carbons (Fsp3) is 0.500. The van der Waals surface area contributed by atoms with Crippen molar-refractivity contribution in [3.63, 3.8) is 0 Å². The Kier molecular flexibility index (Phi) is 5.13. The molecule has 4 nitrogen and oxygen atoms in total. The molecule has 0 fully saturated rings. The number of carbonyl (C=O) groups is 1. The molecule has 1 aliphatic heterocycles. The van der Waals surface area contributed by atoms with Crippen LogP contribution in [0.15, 0.2) is 21.8 Å². The standard InChI is InChI=1S/C10H6Cl2F3I2NO3S/c11-4-1-2-9(7(12)6(4)17)3-5(16)8(19)18(9)22(20,21)10(13,14)15/h1-4,6-7H/t4-,6+,7+,9-/m1/s1. The van der Waals surface area contributed by atoms with Crippen LogP contribution in [-0.4, -0.2) is 44.4 Å². The summed E-state index contributed by atoms with van der Waals surface area (Å²) < 4.78 is 61.5. The number of carbonyl (C=O) groups excluding carboxylic acids is 1. The lowest BCUT2D eigenvalue weighted by atomic mass is 9.88. The van der Waals surface area contributed by atoms with Crippen molar-refractivity contribution >= 4 is 84.3 Å². The Hall–Kier alpha value is 0.730. The average Bonchev–Trinajstić information content (AvgIpc) is 2.64. The van der Waals surface area contributed by atoms with Crippen LogP contribution in [-0.2, 0) is 14.8 Å². The van der Waals surface area contributed by atoms with Gasteiger partial charge in [-0.05, 0) is 28.7 Å². The molecular formula is C10H6Cl2F3I2NO3S. The second-order valence-electron chi connectivity index (χ2n) is 4.55. The van der Waals surface area contributed by atoms with E-state index >= 15 is 0 Å². The van der Waals surface area contributed by atoms with Gasteiger partial charge in [0.2, 0.25) is 0 Å². The van der Waals surface area contributed by atoms with Gasteiger partial charge in [0.1, 0.15) is 5.54 Å². The Balaban J connectivity index is 2.69. The molecule has 1 spiro atoms. The van der Waals surface area contributed by atoms with E-state index in [1.807, 2.05) is 22.6 Å².